The molecule has 0 bridgehead atoms. The van der Waals surface area contributed by atoms with Gasteiger partial charge in [0.15, 0.2) is 5.82 Å². The van der Waals surface area contributed by atoms with Crippen LogP contribution in [0.2, 0.25) is 5.02 Å². The Labute approximate surface area is 165 Å². The van der Waals surface area contributed by atoms with Gasteiger partial charge in [-0.2, -0.15) is 13.2 Å². The van der Waals surface area contributed by atoms with Gasteiger partial charge in [0.25, 0.3) is 0 Å². The molecule has 0 saturated heterocycles. The molecule has 1 aliphatic heterocycles. The number of aromatic nitrogens is 3. The molecular weight excluding hydrogens is 389 g/mol. The third kappa shape index (κ3) is 4.00. The molecule has 0 amide bonds. The number of benzene rings is 1. The fourth-order valence-corrected chi connectivity index (χ4v) is 3.41. The number of rotatable bonds is 3. The minimum atomic E-state index is -4.35. The van der Waals surface area contributed by atoms with Gasteiger partial charge in [-0.1, -0.05) is 23.7 Å². The van der Waals surface area contributed by atoms with E-state index in [0.717, 1.165) is 41.9 Å². The van der Waals surface area contributed by atoms with Crippen molar-refractivity contribution in [2.45, 2.75) is 25.7 Å². The summed E-state index contributed by atoms with van der Waals surface area (Å²) < 4.78 is 38.2. The minimum absolute atomic E-state index is 0.443. The van der Waals surface area contributed by atoms with Crippen molar-refractivity contribution < 1.29 is 13.2 Å². The van der Waals surface area contributed by atoms with E-state index >= 15 is 0 Å². The molecule has 0 spiro atoms. The van der Waals surface area contributed by atoms with Crippen molar-refractivity contribution in [2.24, 2.45) is 0 Å². The highest BCUT2D eigenvalue weighted by Crippen LogP contribution is 2.30. The van der Waals surface area contributed by atoms with Crippen LogP contribution in [0.3, 0.4) is 0 Å². The van der Waals surface area contributed by atoms with Gasteiger partial charge in [-0.15, -0.1) is 0 Å². The van der Waals surface area contributed by atoms with Gasteiger partial charge in [0.05, 0.1) is 16.3 Å². The molecule has 0 radical (unpaired) electrons. The highest BCUT2D eigenvalue weighted by molar-refractivity contribution is 6.31. The number of fused-ring (bicyclic) bond motifs is 1. The summed E-state index contributed by atoms with van der Waals surface area (Å²) in [5, 5.41) is 0.641. The van der Waals surface area contributed by atoms with E-state index < -0.39 is 11.7 Å². The molecule has 0 N–H and O–H groups in total. The Kier molecular flexibility index (Phi) is 5.03. The molecule has 8 heteroatoms. The van der Waals surface area contributed by atoms with Crippen LogP contribution in [0.1, 0.15) is 22.4 Å². The van der Waals surface area contributed by atoms with Crippen LogP contribution in [0.5, 0.6) is 0 Å². The van der Waals surface area contributed by atoms with Crippen LogP contribution >= 0.6 is 11.6 Å². The molecule has 1 aliphatic rings. The van der Waals surface area contributed by atoms with Gasteiger partial charge in [-0.25, -0.2) is 9.97 Å². The average molecular weight is 405 g/mol. The lowest BCUT2D eigenvalue weighted by molar-refractivity contribution is -0.137. The highest BCUT2D eigenvalue weighted by Gasteiger charge is 2.30. The normalized spacial score (nSPS) is 14.7. The first-order valence-corrected chi connectivity index (χ1v) is 9.11. The number of hydrogen-bond acceptors (Lipinski definition) is 4. The largest absolute Gasteiger partial charge is 0.416 e. The Bertz CT molecular complexity index is 989. The van der Waals surface area contributed by atoms with Crippen LogP contribution in [-0.2, 0) is 25.7 Å². The molecule has 4 nitrogen and oxygen atoms in total. The molecule has 144 valence electrons. The SMILES string of the molecule is FC(F)(F)c1ccc(-c2ncc3c(n2)CCN(Cc2ccncc2Cl)C3)cc1. The highest BCUT2D eigenvalue weighted by atomic mass is 35.5. The third-order valence-corrected chi connectivity index (χ3v) is 5.07. The number of alkyl halides is 3. The standard InChI is InChI=1S/C20H16ClF3N4/c21-17-10-25-7-5-14(17)11-28-8-6-18-15(12-28)9-26-19(27-18)13-1-3-16(4-2-13)20(22,23)24/h1-5,7,9-10H,6,8,11-12H2. The summed E-state index contributed by atoms with van der Waals surface area (Å²) in [5.41, 5.74) is 2.86. The van der Waals surface area contributed by atoms with E-state index in [1.165, 1.54) is 12.1 Å². The molecular formula is C20H16ClF3N4. The second-order valence-electron chi connectivity index (χ2n) is 6.67. The second-order valence-corrected chi connectivity index (χ2v) is 7.08. The smallest absolute Gasteiger partial charge is 0.294 e. The van der Waals surface area contributed by atoms with Gasteiger partial charge in [-0.3, -0.25) is 9.88 Å². The molecule has 2 aromatic heterocycles. The zero-order valence-electron chi connectivity index (χ0n) is 14.7. The van der Waals surface area contributed by atoms with Gasteiger partial charge in [0.2, 0.25) is 0 Å². The molecule has 1 aromatic carbocycles. The van der Waals surface area contributed by atoms with Crippen LogP contribution < -0.4 is 0 Å². The van der Waals surface area contributed by atoms with Crippen molar-refractivity contribution >= 4 is 11.6 Å². The van der Waals surface area contributed by atoms with Crippen molar-refractivity contribution in [3.63, 3.8) is 0 Å². The quantitative estimate of drug-likeness (QED) is 0.630. The Morgan fingerprint density at radius 3 is 2.57 bits per heavy atom. The van der Waals surface area contributed by atoms with Gasteiger partial charge in [0, 0.05) is 55.8 Å². The van der Waals surface area contributed by atoms with Crippen LogP contribution in [-0.4, -0.2) is 26.4 Å². The number of pyridine rings is 1. The molecule has 0 atom stereocenters. The van der Waals surface area contributed by atoms with Gasteiger partial charge in [-0.05, 0) is 23.8 Å². The van der Waals surface area contributed by atoms with Crippen LogP contribution in [0, 0.1) is 0 Å². The first kappa shape index (κ1) is 18.8. The lowest BCUT2D eigenvalue weighted by Gasteiger charge is -2.28. The molecule has 3 aromatic rings. The van der Waals surface area contributed by atoms with E-state index in [4.69, 9.17) is 11.6 Å². The first-order valence-electron chi connectivity index (χ1n) is 8.73. The molecule has 3 heterocycles. The maximum atomic E-state index is 12.7. The number of nitrogens with zero attached hydrogens (tertiary/aromatic N) is 4. The molecule has 28 heavy (non-hydrogen) atoms. The summed E-state index contributed by atoms with van der Waals surface area (Å²) in [6.07, 6.45) is 1.51. The predicted molar refractivity (Wildman–Crippen MR) is 99.5 cm³/mol. The minimum Gasteiger partial charge on any atom is -0.294 e. The van der Waals surface area contributed by atoms with E-state index in [9.17, 15) is 13.2 Å². The maximum Gasteiger partial charge on any atom is 0.416 e. The average Bonchev–Trinajstić information content (AvgIpc) is 2.69. The molecule has 0 aliphatic carbocycles. The van der Waals surface area contributed by atoms with E-state index in [1.807, 2.05) is 6.07 Å². The fraction of sp³-hybridized carbons (Fsp3) is 0.250. The zero-order chi connectivity index (χ0) is 19.7. The van der Waals surface area contributed by atoms with Crippen molar-refractivity contribution in [3.05, 3.63) is 76.3 Å². The fourth-order valence-electron chi connectivity index (χ4n) is 3.23. The van der Waals surface area contributed by atoms with Crippen LogP contribution in [0.4, 0.5) is 13.2 Å². The van der Waals surface area contributed by atoms with Crippen molar-refractivity contribution in [2.75, 3.05) is 6.54 Å². The molecule has 0 unspecified atom stereocenters. The molecule has 0 saturated carbocycles. The first-order chi connectivity index (χ1) is 13.4. The predicted octanol–water partition coefficient (Wildman–Crippen LogP) is 4.77. The Morgan fingerprint density at radius 1 is 1.07 bits per heavy atom. The zero-order valence-corrected chi connectivity index (χ0v) is 15.5. The van der Waals surface area contributed by atoms with E-state index in [-0.39, 0.29) is 0 Å². The van der Waals surface area contributed by atoms with Crippen LogP contribution in [0.15, 0.2) is 48.9 Å². The monoisotopic (exact) mass is 404 g/mol. The van der Waals surface area contributed by atoms with Gasteiger partial charge >= 0.3 is 6.18 Å². The lowest BCUT2D eigenvalue weighted by atomic mass is 10.1. The van der Waals surface area contributed by atoms with Crippen LogP contribution in [0.25, 0.3) is 11.4 Å². The van der Waals surface area contributed by atoms with Gasteiger partial charge in [0.1, 0.15) is 0 Å². The Morgan fingerprint density at radius 2 is 1.86 bits per heavy atom. The third-order valence-electron chi connectivity index (χ3n) is 4.73. The van der Waals surface area contributed by atoms with E-state index in [0.29, 0.717) is 29.5 Å². The second kappa shape index (κ2) is 7.48. The van der Waals surface area contributed by atoms with Crippen molar-refractivity contribution in [1.29, 1.82) is 0 Å². The number of halogens is 4. The summed E-state index contributed by atoms with van der Waals surface area (Å²) in [4.78, 5) is 15.2. The summed E-state index contributed by atoms with van der Waals surface area (Å²) in [6, 6.07) is 6.83. The number of hydrogen-bond donors (Lipinski definition) is 0. The summed E-state index contributed by atoms with van der Waals surface area (Å²) >= 11 is 6.19. The van der Waals surface area contributed by atoms with E-state index in [1.54, 1.807) is 18.6 Å². The van der Waals surface area contributed by atoms with Crippen molar-refractivity contribution in [3.8, 4) is 11.4 Å². The van der Waals surface area contributed by atoms with Crippen molar-refractivity contribution in [1.82, 2.24) is 19.9 Å². The summed E-state index contributed by atoms with van der Waals surface area (Å²) in [6.45, 7) is 2.22. The lowest BCUT2D eigenvalue weighted by Crippen LogP contribution is -2.31. The maximum absolute atomic E-state index is 12.7. The van der Waals surface area contributed by atoms with E-state index in [2.05, 4.69) is 19.9 Å². The van der Waals surface area contributed by atoms with Gasteiger partial charge < -0.3 is 0 Å². The molecule has 4 rings (SSSR count). The summed E-state index contributed by atoms with van der Waals surface area (Å²) in [5.74, 6) is 0.443. The Balaban J connectivity index is 1.50. The topological polar surface area (TPSA) is 41.9 Å². The summed E-state index contributed by atoms with van der Waals surface area (Å²) in [7, 11) is 0. The Hall–Kier alpha value is -2.51. The molecule has 0 fully saturated rings.